The maximum Gasteiger partial charge on any atom is 0.101 e. The zero-order valence-corrected chi connectivity index (χ0v) is 11.2. The lowest BCUT2D eigenvalue weighted by Crippen LogP contribution is -2.45. The molecule has 0 fully saturated rings. The fraction of sp³-hybridized carbons (Fsp3) is 0.357. The summed E-state index contributed by atoms with van der Waals surface area (Å²) in [6.07, 6.45) is 1.91. The smallest absolute Gasteiger partial charge is 0.101 e. The van der Waals surface area contributed by atoms with Gasteiger partial charge in [0.25, 0.3) is 0 Å². The van der Waals surface area contributed by atoms with Crippen LogP contribution in [0.1, 0.15) is 18.4 Å². The molecule has 0 amide bonds. The Bertz CT molecular complexity index is 593. The first-order valence-corrected chi connectivity index (χ1v) is 5.95. The standard InChI is InChI=1S/C14H18N2O2/c1-10(14(17)18)12-9-15(16(2,3)4)13-8-6-5-7-11(12)13/h5-10H,1-4H3. The number of quaternary nitrogens is 1. The summed E-state index contributed by atoms with van der Waals surface area (Å²) >= 11 is 0. The summed E-state index contributed by atoms with van der Waals surface area (Å²) < 4.78 is 2.64. The fourth-order valence-corrected chi connectivity index (χ4v) is 2.16. The molecular weight excluding hydrogens is 228 g/mol. The van der Waals surface area contributed by atoms with Crippen molar-refractivity contribution in [2.75, 3.05) is 21.1 Å². The summed E-state index contributed by atoms with van der Waals surface area (Å²) in [4.78, 5) is 11.1. The summed E-state index contributed by atoms with van der Waals surface area (Å²) in [5.74, 6) is -1.65. The van der Waals surface area contributed by atoms with E-state index in [0.717, 1.165) is 16.5 Å². The Labute approximate surface area is 107 Å². The quantitative estimate of drug-likeness (QED) is 0.753. The monoisotopic (exact) mass is 246 g/mol. The molecule has 0 radical (unpaired) electrons. The number of rotatable bonds is 3. The summed E-state index contributed by atoms with van der Waals surface area (Å²) in [6, 6.07) is 7.84. The van der Waals surface area contributed by atoms with Crippen molar-refractivity contribution in [2.45, 2.75) is 12.8 Å². The first-order chi connectivity index (χ1) is 8.32. The average molecular weight is 246 g/mol. The van der Waals surface area contributed by atoms with E-state index in [2.05, 4.69) is 4.68 Å². The molecule has 0 aliphatic carbocycles. The molecule has 1 aromatic carbocycles. The van der Waals surface area contributed by atoms with Crippen molar-refractivity contribution in [1.29, 1.82) is 0 Å². The van der Waals surface area contributed by atoms with Crippen LogP contribution in [0.3, 0.4) is 0 Å². The van der Waals surface area contributed by atoms with Crippen molar-refractivity contribution >= 4 is 16.9 Å². The predicted molar refractivity (Wildman–Crippen MR) is 70.7 cm³/mol. The summed E-state index contributed by atoms with van der Waals surface area (Å²) in [6.45, 7) is 1.66. The van der Waals surface area contributed by atoms with Gasteiger partial charge in [-0.2, -0.15) is 4.68 Å². The highest BCUT2D eigenvalue weighted by Gasteiger charge is 2.20. The van der Waals surface area contributed by atoms with E-state index in [1.165, 1.54) is 0 Å². The zero-order chi connectivity index (χ0) is 13.5. The molecule has 0 N–H and O–H groups in total. The molecule has 1 unspecified atom stereocenters. The lowest BCUT2D eigenvalue weighted by molar-refractivity contribution is -0.307. The Hall–Kier alpha value is -1.81. The Morgan fingerprint density at radius 2 is 1.89 bits per heavy atom. The number of carbonyl (C=O) groups excluding carboxylic acids is 1. The van der Waals surface area contributed by atoms with E-state index >= 15 is 0 Å². The number of aliphatic carboxylic acids is 1. The maximum atomic E-state index is 11.1. The first-order valence-electron chi connectivity index (χ1n) is 5.95. The second kappa shape index (κ2) is 4.14. The van der Waals surface area contributed by atoms with Gasteiger partial charge in [-0.3, -0.25) is 0 Å². The maximum absolute atomic E-state index is 11.1. The van der Waals surface area contributed by atoms with E-state index in [1.807, 2.05) is 51.6 Å². The van der Waals surface area contributed by atoms with Gasteiger partial charge >= 0.3 is 0 Å². The lowest BCUT2D eigenvalue weighted by Gasteiger charge is -2.25. The number of fused-ring (bicyclic) bond motifs is 1. The molecular formula is C14H18N2O2. The molecule has 2 aromatic rings. The van der Waals surface area contributed by atoms with Crippen molar-refractivity contribution in [3.05, 3.63) is 36.0 Å². The van der Waals surface area contributed by atoms with E-state index in [1.54, 1.807) is 6.92 Å². The number of carboxylic acid groups (broad SMARTS) is 1. The van der Waals surface area contributed by atoms with E-state index < -0.39 is 11.9 Å². The van der Waals surface area contributed by atoms with Gasteiger partial charge in [-0.1, -0.05) is 25.1 Å². The molecule has 0 aliphatic heterocycles. The molecule has 0 bridgehead atoms. The number of hydrogen-bond acceptors (Lipinski definition) is 2. The summed E-state index contributed by atoms with van der Waals surface area (Å²) in [7, 11) is 6.12. The molecule has 0 spiro atoms. The van der Waals surface area contributed by atoms with Gasteiger partial charge in [0.2, 0.25) is 0 Å². The van der Waals surface area contributed by atoms with Crippen LogP contribution in [0, 0.1) is 0 Å². The minimum absolute atomic E-state index is 0.584. The second-order valence-corrected chi connectivity index (χ2v) is 5.43. The molecule has 1 atom stereocenters. The number of benzene rings is 1. The molecule has 0 saturated heterocycles. The van der Waals surface area contributed by atoms with E-state index in [9.17, 15) is 9.90 Å². The number of hydrogen-bond donors (Lipinski definition) is 0. The van der Waals surface area contributed by atoms with Crippen LogP contribution in [0.2, 0.25) is 0 Å². The molecule has 2 rings (SSSR count). The van der Waals surface area contributed by atoms with Gasteiger partial charge in [0, 0.05) is 17.3 Å². The van der Waals surface area contributed by atoms with Gasteiger partial charge in [0.15, 0.2) is 0 Å². The minimum atomic E-state index is -1.04. The first kappa shape index (κ1) is 12.6. The van der Waals surface area contributed by atoms with Crippen LogP contribution in [0.5, 0.6) is 0 Å². The SMILES string of the molecule is CC(C(=O)[O-])c1cn([N+](C)(C)C)c2ccccc12. The van der Waals surface area contributed by atoms with Crippen LogP contribution in [0.4, 0.5) is 0 Å². The third kappa shape index (κ3) is 1.99. The molecule has 0 aliphatic rings. The van der Waals surface area contributed by atoms with E-state index in [-0.39, 0.29) is 0 Å². The molecule has 18 heavy (non-hydrogen) atoms. The van der Waals surface area contributed by atoms with Gasteiger partial charge < -0.3 is 9.90 Å². The highest BCUT2D eigenvalue weighted by atomic mass is 16.4. The van der Waals surface area contributed by atoms with Crippen molar-refractivity contribution in [3.8, 4) is 0 Å². The van der Waals surface area contributed by atoms with Crippen LogP contribution >= 0.6 is 0 Å². The van der Waals surface area contributed by atoms with Gasteiger partial charge in [-0.15, -0.1) is 0 Å². The van der Waals surface area contributed by atoms with Crippen molar-refractivity contribution in [2.24, 2.45) is 0 Å². The highest BCUT2D eigenvalue weighted by Crippen LogP contribution is 2.28. The minimum Gasteiger partial charge on any atom is -0.550 e. The van der Waals surface area contributed by atoms with Crippen LogP contribution in [-0.4, -0.2) is 31.8 Å². The van der Waals surface area contributed by atoms with Crippen LogP contribution in [0.15, 0.2) is 30.5 Å². The fourth-order valence-electron chi connectivity index (χ4n) is 2.16. The lowest BCUT2D eigenvalue weighted by atomic mass is 10.0. The summed E-state index contributed by atoms with van der Waals surface area (Å²) in [5, 5.41) is 12.1. The van der Waals surface area contributed by atoms with Gasteiger partial charge in [-0.05, 0) is 11.6 Å². The van der Waals surface area contributed by atoms with Gasteiger partial charge in [-0.25, -0.2) is 4.59 Å². The van der Waals surface area contributed by atoms with Gasteiger partial charge in [0.05, 0.1) is 27.3 Å². The predicted octanol–water partition coefficient (Wildman–Crippen LogP) is 0.823. The number of carboxylic acids is 1. The molecule has 4 heteroatoms. The van der Waals surface area contributed by atoms with Crippen LogP contribution < -0.4 is 9.70 Å². The van der Waals surface area contributed by atoms with Crippen LogP contribution in [0.25, 0.3) is 10.9 Å². The number of para-hydroxylation sites is 1. The second-order valence-electron chi connectivity index (χ2n) is 5.43. The van der Waals surface area contributed by atoms with Gasteiger partial charge in [0.1, 0.15) is 5.52 Å². The van der Waals surface area contributed by atoms with Crippen LogP contribution in [-0.2, 0) is 4.79 Å². The van der Waals surface area contributed by atoms with Crippen molar-refractivity contribution in [1.82, 2.24) is 9.27 Å². The molecule has 96 valence electrons. The number of nitrogens with zero attached hydrogens (tertiary/aromatic N) is 2. The average Bonchev–Trinajstić information content (AvgIpc) is 2.66. The Morgan fingerprint density at radius 1 is 1.28 bits per heavy atom. The van der Waals surface area contributed by atoms with Crippen molar-refractivity contribution < 1.29 is 9.90 Å². The Morgan fingerprint density at radius 3 is 2.44 bits per heavy atom. The zero-order valence-electron chi connectivity index (χ0n) is 11.2. The Kier molecular flexibility index (Phi) is 2.91. The molecule has 1 heterocycles. The van der Waals surface area contributed by atoms with E-state index in [0.29, 0.717) is 4.59 Å². The number of carbonyl (C=O) groups is 1. The molecule has 4 nitrogen and oxygen atoms in total. The van der Waals surface area contributed by atoms with Crippen molar-refractivity contribution in [3.63, 3.8) is 0 Å². The summed E-state index contributed by atoms with van der Waals surface area (Å²) in [5.41, 5.74) is 1.84. The highest BCUT2D eigenvalue weighted by molar-refractivity contribution is 5.89. The largest absolute Gasteiger partial charge is 0.550 e. The Balaban J connectivity index is 2.73. The number of aromatic nitrogens is 1. The third-order valence-corrected chi connectivity index (χ3v) is 3.19. The molecule has 1 aromatic heterocycles. The third-order valence-electron chi connectivity index (χ3n) is 3.19. The normalized spacial score (nSPS) is 13.8. The molecule has 0 saturated carbocycles. The van der Waals surface area contributed by atoms with E-state index in [4.69, 9.17) is 0 Å². The topological polar surface area (TPSA) is 45.1 Å².